The molecule has 3 N–H and O–H groups in total. The van der Waals surface area contributed by atoms with Crippen molar-refractivity contribution in [2.75, 3.05) is 12.3 Å². The molecule has 0 spiro atoms. The minimum absolute atomic E-state index is 0.241. The maximum atomic E-state index is 13.8. The smallest absolute Gasteiger partial charge is 0.407 e. The fourth-order valence-electron chi connectivity index (χ4n) is 3.21. The number of halogens is 1. The van der Waals surface area contributed by atoms with E-state index in [9.17, 15) is 14.3 Å². The normalized spacial score (nSPS) is 17.2. The summed E-state index contributed by atoms with van der Waals surface area (Å²) < 4.78 is 15.4. The fraction of sp³-hybridized carbons (Fsp3) is 0.375. The van der Waals surface area contributed by atoms with Gasteiger partial charge in [0, 0.05) is 18.5 Å². The van der Waals surface area contributed by atoms with Crippen molar-refractivity contribution in [1.29, 1.82) is 0 Å². The van der Waals surface area contributed by atoms with E-state index < -0.39 is 6.09 Å². The van der Waals surface area contributed by atoms with Gasteiger partial charge in [-0.15, -0.1) is 0 Å². The van der Waals surface area contributed by atoms with E-state index in [4.69, 9.17) is 5.73 Å². The van der Waals surface area contributed by atoms with Gasteiger partial charge in [0.25, 0.3) is 0 Å². The van der Waals surface area contributed by atoms with Gasteiger partial charge in [-0.25, -0.2) is 13.9 Å². The first-order valence-electron chi connectivity index (χ1n) is 7.45. The molecule has 2 heterocycles. The highest BCUT2D eigenvalue weighted by atomic mass is 19.1. The Kier molecular flexibility index (Phi) is 3.50. The van der Waals surface area contributed by atoms with Crippen LogP contribution in [0.25, 0.3) is 5.69 Å². The highest BCUT2D eigenvalue weighted by molar-refractivity contribution is 5.67. The van der Waals surface area contributed by atoms with Gasteiger partial charge in [-0.05, 0) is 44.0 Å². The Labute approximate surface area is 133 Å². The zero-order chi connectivity index (χ0) is 16.9. The first-order chi connectivity index (χ1) is 10.8. The quantitative estimate of drug-likeness (QED) is 0.847. The van der Waals surface area contributed by atoms with Crippen LogP contribution in [-0.2, 0) is 6.42 Å². The Bertz CT molecular complexity index is 777. The molecule has 0 saturated heterocycles. The second-order valence-electron chi connectivity index (χ2n) is 5.95. The zero-order valence-electron chi connectivity index (χ0n) is 13.3. The van der Waals surface area contributed by atoms with Crippen LogP contribution in [0.1, 0.15) is 35.3 Å². The van der Waals surface area contributed by atoms with Crippen molar-refractivity contribution in [3.05, 3.63) is 40.3 Å². The third kappa shape index (κ3) is 2.32. The van der Waals surface area contributed by atoms with E-state index in [1.165, 1.54) is 4.90 Å². The van der Waals surface area contributed by atoms with Gasteiger partial charge in [-0.3, -0.25) is 0 Å². The number of aryl methyl sites for hydroxylation is 2. The van der Waals surface area contributed by atoms with E-state index in [1.807, 2.05) is 0 Å². The van der Waals surface area contributed by atoms with Crippen LogP contribution >= 0.6 is 0 Å². The molecule has 0 unspecified atom stereocenters. The maximum Gasteiger partial charge on any atom is 0.407 e. The zero-order valence-corrected chi connectivity index (χ0v) is 13.3. The lowest BCUT2D eigenvalue weighted by Gasteiger charge is -2.30. The molecule has 1 amide bonds. The van der Waals surface area contributed by atoms with Gasteiger partial charge >= 0.3 is 6.09 Å². The average Bonchev–Trinajstić information content (AvgIpc) is 2.82. The summed E-state index contributed by atoms with van der Waals surface area (Å²) in [6.45, 7) is 5.58. The van der Waals surface area contributed by atoms with E-state index in [0.29, 0.717) is 35.6 Å². The number of fused-ring (bicyclic) bond motifs is 1. The lowest BCUT2D eigenvalue weighted by atomic mass is 10.0. The largest absolute Gasteiger partial charge is 0.465 e. The van der Waals surface area contributed by atoms with Crippen LogP contribution in [-0.4, -0.2) is 32.4 Å². The Morgan fingerprint density at radius 3 is 2.57 bits per heavy atom. The van der Waals surface area contributed by atoms with Crippen LogP contribution in [0, 0.1) is 19.7 Å². The summed E-state index contributed by atoms with van der Waals surface area (Å²) in [5.74, 6) is 0.165. The summed E-state index contributed by atoms with van der Waals surface area (Å²) in [5, 5.41) is 13.8. The summed E-state index contributed by atoms with van der Waals surface area (Å²) in [6, 6.07) is 3.03. The Balaban J connectivity index is 2.11. The van der Waals surface area contributed by atoms with Crippen LogP contribution < -0.4 is 5.73 Å². The van der Waals surface area contributed by atoms with Crippen molar-refractivity contribution < 1.29 is 14.3 Å². The highest BCUT2D eigenvalue weighted by Crippen LogP contribution is 2.35. The topological polar surface area (TPSA) is 84.4 Å². The number of anilines is 1. The predicted molar refractivity (Wildman–Crippen MR) is 84.3 cm³/mol. The molecule has 6 nitrogen and oxygen atoms in total. The third-order valence-corrected chi connectivity index (χ3v) is 4.42. The van der Waals surface area contributed by atoms with E-state index in [-0.39, 0.29) is 11.9 Å². The van der Waals surface area contributed by atoms with Gasteiger partial charge < -0.3 is 15.7 Å². The maximum absolute atomic E-state index is 13.8. The molecule has 1 aromatic carbocycles. The summed E-state index contributed by atoms with van der Waals surface area (Å²) in [6.07, 6.45) is -0.453. The van der Waals surface area contributed by atoms with Crippen LogP contribution in [0.15, 0.2) is 12.1 Å². The van der Waals surface area contributed by atoms with E-state index in [1.54, 1.807) is 37.6 Å². The van der Waals surface area contributed by atoms with Crippen molar-refractivity contribution in [1.82, 2.24) is 14.7 Å². The molecule has 122 valence electrons. The Morgan fingerprint density at radius 1 is 1.39 bits per heavy atom. The summed E-state index contributed by atoms with van der Waals surface area (Å²) >= 11 is 0. The second-order valence-corrected chi connectivity index (χ2v) is 5.95. The molecule has 2 aromatic rings. The molecular formula is C16H19FN4O2. The third-order valence-electron chi connectivity index (χ3n) is 4.42. The lowest BCUT2D eigenvalue weighted by Crippen LogP contribution is -2.37. The van der Waals surface area contributed by atoms with Crippen molar-refractivity contribution in [3.8, 4) is 5.69 Å². The molecule has 1 aromatic heterocycles. The molecule has 0 radical (unpaired) electrons. The minimum atomic E-state index is -0.969. The van der Waals surface area contributed by atoms with E-state index >= 15 is 0 Å². The monoisotopic (exact) mass is 318 g/mol. The first-order valence-corrected chi connectivity index (χ1v) is 7.45. The van der Waals surface area contributed by atoms with Gasteiger partial charge in [-0.1, -0.05) is 0 Å². The first kappa shape index (κ1) is 15.3. The van der Waals surface area contributed by atoms with Crippen molar-refractivity contribution in [2.24, 2.45) is 0 Å². The number of hydrogen-bond donors (Lipinski definition) is 2. The minimum Gasteiger partial charge on any atom is -0.465 e. The molecule has 0 saturated carbocycles. The van der Waals surface area contributed by atoms with Crippen molar-refractivity contribution >= 4 is 11.9 Å². The van der Waals surface area contributed by atoms with Gasteiger partial charge in [-0.2, -0.15) is 5.10 Å². The van der Waals surface area contributed by atoms with Crippen molar-refractivity contribution in [3.63, 3.8) is 0 Å². The molecule has 3 rings (SSSR count). The molecule has 1 atom stereocenters. The summed E-state index contributed by atoms with van der Waals surface area (Å²) in [5.41, 5.74) is 9.49. The Morgan fingerprint density at radius 2 is 2.00 bits per heavy atom. The standard InChI is InChI=1S/C16H19FN4O2/c1-8-6-11(7-9(2)14(8)17)21-15(18)13-10(3)20(16(22)23)5-4-12(13)19-21/h6-7,10H,4-5,18H2,1-3H3,(H,22,23)/t10-/m0/s1. The van der Waals surface area contributed by atoms with Crippen LogP contribution in [0.3, 0.4) is 0 Å². The molecule has 1 aliphatic rings. The van der Waals surface area contributed by atoms with Crippen LogP contribution in [0.2, 0.25) is 0 Å². The summed E-state index contributed by atoms with van der Waals surface area (Å²) in [4.78, 5) is 12.7. The highest BCUT2D eigenvalue weighted by Gasteiger charge is 2.32. The van der Waals surface area contributed by atoms with Gasteiger partial charge in [0.2, 0.25) is 0 Å². The lowest BCUT2D eigenvalue weighted by molar-refractivity contribution is 0.124. The number of benzene rings is 1. The number of amides is 1. The number of rotatable bonds is 1. The second kappa shape index (κ2) is 5.26. The van der Waals surface area contributed by atoms with E-state index in [2.05, 4.69) is 5.10 Å². The van der Waals surface area contributed by atoms with E-state index in [0.717, 1.165) is 11.3 Å². The average molecular weight is 318 g/mol. The number of carbonyl (C=O) groups is 1. The molecule has 1 aliphatic heterocycles. The molecule has 7 heteroatoms. The summed E-state index contributed by atoms with van der Waals surface area (Å²) in [7, 11) is 0. The van der Waals surface area contributed by atoms with Crippen LogP contribution in [0.4, 0.5) is 15.0 Å². The number of nitrogens with zero attached hydrogens (tertiary/aromatic N) is 3. The number of nitrogen functional groups attached to an aromatic ring is 1. The predicted octanol–water partition coefficient (Wildman–Crippen LogP) is 2.81. The number of aromatic nitrogens is 2. The fourth-order valence-corrected chi connectivity index (χ4v) is 3.21. The molecule has 0 fully saturated rings. The SMILES string of the molecule is Cc1cc(-n2nc3c(c2N)[C@H](C)N(C(=O)O)CC3)cc(C)c1F. The molecular weight excluding hydrogens is 299 g/mol. The number of nitrogens with two attached hydrogens (primary N) is 1. The molecule has 0 aliphatic carbocycles. The van der Waals surface area contributed by atoms with Crippen molar-refractivity contribution in [2.45, 2.75) is 33.2 Å². The van der Waals surface area contributed by atoms with Gasteiger partial charge in [0.1, 0.15) is 11.6 Å². The Hall–Kier alpha value is -2.57. The number of carboxylic acid groups (broad SMARTS) is 1. The van der Waals surface area contributed by atoms with Gasteiger partial charge in [0.15, 0.2) is 0 Å². The number of hydrogen-bond acceptors (Lipinski definition) is 3. The van der Waals surface area contributed by atoms with Crippen LogP contribution in [0.5, 0.6) is 0 Å². The molecule has 23 heavy (non-hydrogen) atoms. The molecule has 0 bridgehead atoms. The van der Waals surface area contributed by atoms with Gasteiger partial charge in [0.05, 0.1) is 17.4 Å².